The molecule has 0 aliphatic rings. The van der Waals surface area contributed by atoms with E-state index in [1.54, 1.807) is 0 Å². The lowest BCUT2D eigenvalue weighted by molar-refractivity contribution is 0.765. The number of anilines is 2. The van der Waals surface area contributed by atoms with Gasteiger partial charge in [0.05, 0.1) is 0 Å². The van der Waals surface area contributed by atoms with Crippen molar-refractivity contribution in [3.8, 4) is 0 Å². The molecular weight excluding hydrogens is 232 g/mol. The van der Waals surface area contributed by atoms with Gasteiger partial charge in [0.25, 0.3) is 0 Å². The van der Waals surface area contributed by atoms with Crippen LogP contribution in [0.5, 0.6) is 0 Å². The molecule has 0 fully saturated rings. The van der Waals surface area contributed by atoms with E-state index in [4.69, 9.17) is 5.73 Å². The van der Waals surface area contributed by atoms with E-state index < -0.39 is 0 Å². The third-order valence-corrected chi connectivity index (χ3v) is 3.27. The van der Waals surface area contributed by atoms with Gasteiger partial charge < -0.3 is 10.6 Å². The molecule has 0 radical (unpaired) electrons. The van der Waals surface area contributed by atoms with Crippen LogP contribution in [-0.4, -0.2) is 6.54 Å². The molecule has 0 unspecified atom stereocenters. The average Bonchev–Trinajstić information content (AvgIpc) is 2.39. The van der Waals surface area contributed by atoms with E-state index in [0.29, 0.717) is 0 Å². The molecule has 100 valence electrons. The summed E-state index contributed by atoms with van der Waals surface area (Å²) in [6.45, 7) is 6.34. The Labute approximate surface area is 115 Å². The van der Waals surface area contributed by atoms with E-state index in [2.05, 4.69) is 55.1 Å². The Hall–Kier alpha value is -1.96. The Morgan fingerprint density at radius 3 is 2.42 bits per heavy atom. The summed E-state index contributed by atoms with van der Waals surface area (Å²) in [5, 5.41) is 0. The molecule has 2 aromatic rings. The molecule has 0 amide bonds. The molecule has 0 spiro atoms. The molecular formula is C17H22N2. The average molecular weight is 254 g/mol. The van der Waals surface area contributed by atoms with E-state index in [0.717, 1.165) is 25.2 Å². The standard InChI is InChI=1S/C17H22N2/c1-3-11-19(13-15-7-5-4-6-8-15)17-10-9-16(18)12-14(17)2/h4-10,12H,3,11,13,18H2,1-2H3. The number of rotatable bonds is 5. The van der Waals surface area contributed by atoms with Gasteiger partial charge in [-0.15, -0.1) is 0 Å². The Balaban J connectivity index is 2.24. The first kappa shape index (κ1) is 13.5. The first-order valence-electron chi connectivity index (χ1n) is 6.85. The molecule has 19 heavy (non-hydrogen) atoms. The maximum atomic E-state index is 5.84. The lowest BCUT2D eigenvalue weighted by Crippen LogP contribution is -2.24. The first-order chi connectivity index (χ1) is 9.20. The molecule has 2 heteroatoms. The van der Waals surface area contributed by atoms with Crippen LogP contribution in [0.2, 0.25) is 0 Å². The van der Waals surface area contributed by atoms with Crippen LogP contribution in [0.4, 0.5) is 11.4 Å². The summed E-state index contributed by atoms with van der Waals surface area (Å²) >= 11 is 0. The summed E-state index contributed by atoms with van der Waals surface area (Å²) in [5.74, 6) is 0. The van der Waals surface area contributed by atoms with E-state index in [1.807, 2.05) is 12.1 Å². The predicted octanol–water partition coefficient (Wildman–Crippen LogP) is 3.99. The van der Waals surface area contributed by atoms with Gasteiger partial charge in [0.2, 0.25) is 0 Å². The minimum atomic E-state index is 0.831. The highest BCUT2D eigenvalue weighted by atomic mass is 15.1. The van der Waals surface area contributed by atoms with Crippen LogP contribution in [-0.2, 0) is 6.54 Å². The van der Waals surface area contributed by atoms with Crippen LogP contribution >= 0.6 is 0 Å². The van der Waals surface area contributed by atoms with Gasteiger partial charge in [-0.1, -0.05) is 37.3 Å². The maximum absolute atomic E-state index is 5.84. The zero-order valence-corrected chi connectivity index (χ0v) is 11.8. The van der Waals surface area contributed by atoms with Crippen molar-refractivity contribution in [1.29, 1.82) is 0 Å². The van der Waals surface area contributed by atoms with Gasteiger partial charge in [-0.2, -0.15) is 0 Å². The Morgan fingerprint density at radius 2 is 1.79 bits per heavy atom. The van der Waals surface area contributed by atoms with Crippen molar-refractivity contribution in [1.82, 2.24) is 0 Å². The number of nitrogens with zero attached hydrogens (tertiary/aromatic N) is 1. The van der Waals surface area contributed by atoms with E-state index in [9.17, 15) is 0 Å². The van der Waals surface area contributed by atoms with E-state index >= 15 is 0 Å². The molecule has 0 aliphatic heterocycles. The molecule has 0 atom stereocenters. The summed E-state index contributed by atoms with van der Waals surface area (Å²) in [6, 6.07) is 16.7. The highest BCUT2D eigenvalue weighted by Crippen LogP contribution is 2.24. The fourth-order valence-corrected chi connectivity index (χ4v) is 2.39. The summed E-state index contributed by atoms with van der Waals surface area (Å²) in [5.41, 5.74) is 10.5. The van der Waals surface area contributed by atoms with Crippen molar-refractivity contribution in [3.63, 3.8) is 0 Å². The SMILES string of the molecule is CCCN(Cc1ccccc1)c1ccc(N)cc1C. The molecule has 0 heterocycles. The third-order valence-electron chi connectivity index (χ3n) is 3.27. The van der Waals surface area contributed by atoms with Crippen molar-refractivity contribution < 1.29 is 0 Å². The second-order valence-corrected chi connectivity index (χ2v) is 4.95. The minimum Gasteiger partial charge on any atom is -0.399 e. The zero-order chi connectivity index (χ0) is 13.7. The van der Waals surface area contributed by atoms with Gasteiger partial charge in [0.15, 0.2) is 0 Å². The van der Waals surface area contributed by atoms with Crippen molar-refractivity contribution in [3.05, 3.63) is 59.7 Å². The molecule has 0 aromatic heterocycles. The predicted molar refractivity (Wildman–Crippen MR) is 83.4 cm³/mol. The van der Waals surface area contributed by atoms with Crippen LogP contribution in [0, 0.1) is 6.92 Å². The van der Waals surface area contributed by atoms with Crippen LogP contribution in [0.1, 0.15) is 24.5 Å². The maximum Gasteiger partial charge on any atom is 0.0429 e. The van der Waals surface area contributed by atoms with Crippen molar-refractivity contribution in [2.75, 3.05) is 17.2 Å². The highest BCUT2D eigenvalue weighted by Gasteiger charge is 2.09. The fourth-order valence-electron chi connectivity index (χ4n) is 2.39. The van der Waals surface area contributed by atoms with Gasteiger partial charge in [0.1, 0.15) is 0 Å². The number of nitrogens with two attached hydrogens (primary N) is 1. The van der Waals surface area contributed by atoms with Crippen LogP contribution in [0.25, 0.3) is 0 Å². The molecule has 0 saturated carbocycles. The fraction of sp³-hybridized carbons (Fsp3) is 0.294. The second kappa shape index (κ2) is 6.28. The Bertz CT molecular complexity index is 520. The minimum absolute atomic E-state index is 0.831. The number of aryl methyl sites for hydroxylation is 1. The zero-order valence-electron chi connectivity index (χ0n) is 11.8. The molecule has 2 rings (SSSR count). The number of benzene rings is 2. The van der Waals surface area contributed by atoms with Crippen LogP contribution in [0.15, 0.2) is 48.5 Å². The van der Waals surface area contributed by atoms with E-state index in [-0.39, 0.29) is 0 Å². The quantitative estimate of drug-likeness (QED) is 0.817. The molecule has 0 aliphatic carbocycles. The topological polar surface area (TPSA) is 29.3 Å². The van der Waals surface area contributed by atoms with Crippen LogP contribution < -0.4 is 10.6 Å². The number of hydrogen-bond donors (Lipinski definition) is 1. The van der Waals surface area contributed by atoms with E-state index in [1.165, 1.54) is 16.8 Å². The molecule has 2 N–H and O–H groups in total. The molecule has 0 saturated heterocycles. The molecule has 0 bridgehead atoms. The normalized spacial score (nSPS) is 10.4. The summed E-state index contributed by atoms with van der Waals surface area (Å²) < 4.78 is 0. The van der Waals surface area contributed by atoms with Crippen molar-refractivity contribution in [2.45, 2.75) is 26.8 Å². The summed E-state index contributed by atoms with van der Waals surface area (Å²) in [4.78, 5) is 2.42. The smallest absolute Gasteiger partial charge is 0.0429 e. The first-order valence-corrected chi connectivity index (χ1v) is 6.85. The monoisotopic (exact) mass is 254 g/mol. The van der Waals surface area contributed by atoms with Crippen molar-refractivity contribution >= 4 is 11.4 Å². The third kappa shape index (κ3) is 3.50. The summed E-state index contributed by atoms with van der Waals surface area (Å²) in [7, 11) is 0. The van der Waals surface area contributed by atoms with Gasteiger partial charge in [-0.25, -0.2) is 0 Å². The van der Waals surface area contributed by atoms with Crippen LogP contribution in [0.3, 0.4) is 0 Å². The summed E-state index contributed by atoms with van der Waals surface area (Å²) in [6.07, 6.45) is 1.14. The molecule has 2 aromatic carbocycles. The number of nitrogen functional groups attached to an aromatic ring is 1. The van der Waals surface area contributed by atoms with Crippen molar-refractivity contribution in [2.24, 2.45) is 0 Å². The van der Waals surface area contributed by atoms with Gasteiger partial charge >= 0.3 is 0 Å². The lowest BCUT2D eigenvalue weighted by Gasteiger charge is -2.26. The second-order valence-electron chi connectivity index (χ2n) is 4.95. The largest absolute Gasteiger partial charge is 0.399 e. The lowest BCUT2D eigenvalue weighted by atomic mass is 10.1. The highest BCUT2D eigenvalue weighted by molar-refractivity contribution is 5.59. The molecule has 2 nitrogen and oxygen atoms in total. The Kier molecular flexibility index (Phi) is 4.45. The van der Waals surface area contributed by atoms with Gasteiger partial charge in [-0.05, 0) is 42.7 Å². The number of hydrogen-bond acceptors (Lipinski definition) is 2. The van der Waals surface area contributed by atoms with Gasteiger partial charge in [-0.3, -0.25) is 0 Å². The van der Waals surface area contributed by atoms with Gasteiger partial charge in [0, 0.05) is 24.5 Å². The Morgan fingerprint density at radius 1 is 1.05 bits per heavy atom.